The summed E-state index contributed by atoms with van der Waals surface area (Å²) >= 11 is 0. The molecular formula is C18H20FNO. The van der Waals surface area contributed by atoms with Crippen LogP contribution in [-0.4, -0.2) is 13.2 Å². The van der Waals surface area contributed by atoms with E-state index in [1.165, 1.54) is 11.6 Å². The maximum Gasteiger partial charge on any atom is 0.130 e. The van der Waals surface area contributed by atoms with Crippen molar-refractivity contribution >= 4 is 0 Å². The van der Waals surface area contributed by atoms with Gasteiger partial charge in [0.15, 0.2) is 0 Å². The SMILES string of the molecule is CCNCc1ccc(F)cc1-c1cccc2c1OCCC2. The molecule has 2 aromatic rings. The highest BCUT2D eigenvalue weighted by atomic mass is 19.1. The fourth-order valence-corrected chi connectivity index (χ4v) is 2.81. The summed E-state index contributed by atoms with van der Waals surface area (Å²) < 4.78 is 19.6. The largest absolute Gasteiger partial charge is 0.493 e. The molecule has 0 saturated carbocycles. The lowest BCUT2D eigenvalue weighted by Crippen LogP contribution is -2.13. The molecule has 0 fully saturated rings. The molecule has 0 amide bonds. The monoisotopic (exact) mass is 285 g/mol. The molecule has 2 nitrogen and oxygen atoms in total. The topological polar surface area (TPSA) is 21.3 Å². The minimum absolute atomic E-state index is 0.210. The number of nitrogens with one attached hydrogen (secondary N) is 1. The van der Waals surface area contributed by atoms with Gasteiger partial charge >= 0.3 is 0 Å². The molecule has 1 heterocycles. The molecule has 0 saturated heterocycles. The van der Waals surface area contributed by atoms with E-state index in [0.29, 0.717) is 0 Å². The van der Waals surface area contributed by atoms with Gasteiger partial charge in [-0.1, -0.05) is 31.2 Å². The lowest BCUT2D eigenvalue weighted by atomic mass is 9.94. The molecule has 1 aliphatic rings. The molecule has 0 aromatic heterocycles. The van der Waals surface area contributed by atoms with E-state index >= 15 is 0 Å². The molecule has 0 aliphatic carbocycles. The highest BCUT2D eigenvalue weighted by Crippen LogP contribution is 2.38. The maximum absolute atomic E-state index is 13.7. The molecule has 3 rings (SSSR count). The normalized spacial score (nSPS) is 13.6. The van der Waals surface area contributed by atoms with Gasteiger partial charge in [0.05, 0.1) is 6.61 Å². The number of benzene rings is 2. The van der Waals surface area contributed by atoms with Crippen molar-refractivity contribution in [2.24, 2.45) is 0 Å². The number of fused-ring (bicyclic) bond motifs is 1. The van der Waals surface area contributed by atoms with Crippen LogP contribution in [0.5, 0.6) is 5.75 Å². The third-order valence-corrected chi connectivity index (χ3v) is 3.86. The van der Waals surface area contributed by atoms with Gasteiger partial charge in [0.1, 0.15) is 11.6 Å². The van der Waals surface area contributed by atoms with Gasteiger partial charge < -0.3 is 10.1 Å². The third kappa shape index (κ3) is 2.93. The van der Waals surface area contributed by atoms with E-state index < -0.39 is 0 Å². The molecule has 110 valence electrons. The summed E-state index contributed by atoms with van der Waals surface area (Å²) in [5.74, 6) is 0.714. The molecule has 1 N–H and O–H groups in total. The Morgan fingerprint density at radius 1 is 1.19 bits per heavy atom. The van der Waals surface area contributed by atoms with Crippen LogP contribution in [0.25, 0.3) is 11.1 Å². The minimum Gasteiger partial charge on any atom is -0.493 e. The summed E-state index contributed by atoms with van der Waals surface area (Å²) in [5, 5.41) is 3.31. The number of rotatable bonds is 4. The van der Waals surface area contributed by atoms with Crippen LogP contribution in [0.4, 0.5) is 4.39 Å². The number of para-hydroxylation sites is 1. The fourth-order valence-electron chi connectivity index (χ4n) is 2.81. The Hall–Kier alpha value is -1.87. The van der Waals surface area contributed by atoms with E-state index in [1.54, 1.807) is 6.07 Å². The van der Waals surface area contributed by atoms with Crippen molar-refractivity contribution in [3.05, 3.63) is 53.3 Å². The summed E-state index contributed by atoms with van der Waals surface area (Å²) in [6.45, 7) is 4.43. The Morgan fingerprint density at radius 3 is 2.95 bits per heavy atom. The fraction of sp³-hybridized carbons (Fsp3) is 0.333. The lowest BCUT2D eigenvalue weighted by Gasteiger charge is -2.21. The van der Waals surface area contributed by atoms with Crippen LogP contribution in [0.1, 0.15) is 24.5 Å². The van der Waals surface area contributed by atoms with Gasteiger partial charge in [-0.3, -0.25) is 0 Å². The Balaban J connectivity index is 2.09. The Bertz CT molecular complexity index is 639. The van der Waals surface area contributed by atoms with Crippen LogP contribution < -0.4 is 10.1 Å². The molecule has 2 aromatic carbocycles. The predicted molar refractivity (Wildman–Crippen MR) is 83.0 cm³/mol. The molecule has 0 atom stereocenters. The van der Waals surface area contributed by atoms with Gasteiger partial charge in [-0.25, -0.2) is 4.39 Å². The van der Waals surface area contributed by atoms with Gasteiger partial charge in [0.2, 0.25) is 0 Å². The van der Waals surface area contributed by atoms with Crippen LogP contribution in [0.2, 0.25) is 0 Å². The van der Waals surface area contributed by atoms with E-state index in [1.807, 2.05) is 18.2 Å². The Kier molecular flexibility index (Phi) is 4.20. The summed E-state index contributed by atoms with van der Waals surface area (Å²) in [6, 6.07) is 11.1. The zero-order valence-electron chi connectivity index (χ0n) is 12.3. The van der Waals surface area contributed by atoms with Crippen molar-refractivity contribution in [1.82, 2.24) is 5.32 Å². The van der Waals surface area contributed by atoms with E-state index in [4.69, 9.17) is 4.74 Å². The van der Waals surface area contributed by atoms with E-state index in [0.717, 1.165) is 55.0 Å². The van der Waals surface area contributed by atoms with Crippen molar-refractivity contribution < 1.29 is 9.13 Å². The molecular weight excluding hydrogens is 265 g/mol. The molecule has 0 bridgehead atoms. The van der Waals surface area contributed by atoms with Gasteiger partial charge in [-0.15, -0.1) is 0 Å². The van der Waals surface area contributed by atoms with Crippen molar-refractivity contribution in [2.45, 2.75) is 26.3 Å². The number of hydrogen-bond donors (Lipinski definition) is 1. The standard InChI is InChI=1S/C18H20FNO/c1-2-20-12-14-8-9-15(19)11-17(14)16-7-3-5-13-6-4-10-21-18(13)16/h3,5,7-9,11,20H,2,4,6,10,12H2,1H3. The molecule has 0 spiro atoms. The summed E-state index contributed by atoms with van der Waals surface area (Å²) in [4.78, 5) is 0. The maximum atomic E-state index is 13.7. The smallest absolute Gasteiger partial charge is 0.130 e. The zero-order chi connectivity index (χ0) is 14.7. The molecule has 0 unspecified atom stereocenters. The first kappa shape index (κ1) is 14.1. The van der Waals surface area contributed by atoms with Crippen molar-refractivity contribution in [3.8, 4) is 16.9 Å². The summed E-state index contributed by atoms with van der Waals surface area (Å²) in [7, 11) is 0. The first-order valence-corrected chi connectivity index (χ1v) is 7.54. The second-order valence-corrected chi connectivity index (χ2v) is 5.33. The third-order valence-electron chi connectivity index (χ3n) is 3.86. The zero-order valence-corrected chi connectivity index (χ0v) is 12.3. The average molecular weight is 285 g/mol. The molecule has 21 heavy (non-hydrogen) atoms. The number of halogens is 1. The second kappa shape index (κ2) is 6.27. The first-order chi connectivity index (χ1) is 10.3. The van der Waals surface area contributed by atoms with Gasteiger partial charge in [-0.05, 0) is 48.2 Å². The van der Waals surface area contributed by atoms with Crippen LogP contribution in [-0.2, 0) is 13.0 Å². The quantitative estimate of drug-likeness (QED) is 0.919. The lowest BCUT2D eigenvalue weighted by molar-refractivity contribution is 0.289. The Morgan fingerprint density at radius 2 is 2.10 bits per heavy atom. The number of aryl methyl sites for hydroxylation is 1. The van der Waals surface area contributed by atoms with Crippen LogP contribution in [0.15, 0.2) is 36.4 Å². The van der Waals surface area contributed by atoms with Crippen molar-refractivity contribution in [3.63, 3.8) is 0 Å². The summed E-state index contributed by atoms with van der Waals surface area (Å²) in [6.07, 6.45) is 2.07. The van der Waals surface area contributed by atoms with E-state index in [-0.39, 0.29) is 5.82 Å². The van der Waals surface area contributed by atoms with Crippen LogP contribution in [0.3, 0.4) is 0 Å². The molecule has 1 aliphatic heterocycles. The number of hydrogen-bond acceptors (Lipinski definition) is 2. The Labute approximate surface area is 125 Å². The highest BCUT2D eigenvalue weighted by molar-refractivity contribution is 5.75. The molecule has 0 radical (unpaired) electrons. The van der Waals surface area contributed by atoms with Gasteiger partial charge in [0.25, 0.3) is 0 Å². The summed E-state index contributed by atoms with van der Waals surface area (Å²) in [5.41, 5.74) is 4.24. The van der Waals surface area contributed by atoms with Crippen molar-refractivity contribution in [2.75, 3.05) is 13.2 Å². The van der Waals surface area contributed by atoms with Crippen molar-refractivity contribution in [1.29, 1.82) is 0 Å². The second-order valence-electron chi connectivity index (χ2n) is 5.33. The van der Waals surface area contributed by atoms with Gasteiger partial charge in [-0.2, -0.15) is 0 Å². The number of ether oxygens (including phenoxy) is 1. The molecule has 3 heteroatoms. The van der Waals surface area contributed by atoms with Gasteiger partial charge in [0, 0.05) is 12.1 Å². The van der Waals surface area contributed by atoms with Crippen LogP contribution >= 0.6 is 0 Å². The van der Waals surface area contributed by atoms with Crippen LogP contribution in [0, 0.1) is 5.82 Å². The average Bonchev–Trinajstić information content (AvgIpc) is 2.53. The predicted octanol–water partition coefficient (Wildman–Crippen LogP) is 3.93. The first-order valence-electron chi connectivity index (χ1n) is 7.54. The van der Waals surface area contributed by atoms with E-state index in [9.17, 15) is 4.39 Å². The highest BCUT2D eigenvalue weighted by Gasteiger charge is 2.17. The van der Waals surface area contributed by atoms with E-state index in [2.05, 4.69) is 18.3 Å². The minimum atomic E-state index is -0.210.